The summed E-state index contributed by atoms with van der Waals surface area (Å²) >= 11 is 1.51. The molecule has 120 valence electrons. The summed E-state index contributed by atoms with van der Waals surface area (Å²) in [7, 11) is 0. The molecule has 5 nitrogen and oxygen atoms in total. The molecule has 0 bridgehead atoms. The Labute approximate surface area is 139 Å². The van der Waals surface area contributed by atoms with Crippen molar-refractivity contribution in [2.24, 2.45) is 0 Å². The maximum absolute atomic E-state index is 12.2. The number of nitrogens with zero attached hydrogens (tertiary/aromatic N) is 2. The van der Waals surface area contributed by atoms with Crippen molar-refractivity contribution < 1.29 is 14.3 Å². The van der Waals surface area contributed by atoms with Crippen molar-refractivity contribution in [1.82, 2.24) is 9.80 Å². The predicted molar refractivity (Wildman–Crippen MR) is 88.4 cm³/mol. The van der Waals surface area contributed by atoms with Gasteiger partial charge in [-0.05, 0) is 17.0 Å². The molecule has 0 radical (unpaired) electrons. The van der Waals surface area contributed by atoms with Crippen molar-refractivity contribution >= 4 is 23.3 Å². The van der Waals surface area contributed by atoms with Crippen molar-refractivity contribution in [1.29, 1.82) is 0 Å². The van der Waals surface area contributed by atoms with Gasteiger partial charge in [-0.3, -0.25) is 4.79 Å². The Morgan fingerprint density at radius 3 is 2.35 bits per heavy atom. The lowest BCUT2D eigenvalue weighted by atomic mass is 10.2. The first-order valence-electron chi connectivity index (χ1n) is 7.51. The van der Waals surface area contributed by atoms with Crippen LogP contribution in [0.4, 0.5) is 4.79 Å². The number of rotatable bonds is 3. The summed E-state index contributed by atoms with van der Waals surface area (Å²) in [5.41, 5.74) is 1.68. The van der Waals surface area contributed by atoms with Gasteiger partial charge >= 0.3 is 6.09 Å². The summed E-state index contributed by atoms with van der Waals surface area (Å²) in [5, 5.41) is 3.74. The molecule has 0 saturated carbocycles. The van der Waals surface area contributed by atoms with E-state index in [4.69, 9.17) is 4.74 Å². The molecule has 0 atom stereocenters. The molecule has 2 amide bonds. The van der Waals surface area contributed by atoms with E-state index >= 15 is 0 Å². The largest absolute Gasteiger partial charge is 0.445 e. The molecule has 3 rings (SSSR count). The van der Waals surface area contributed by atoms with E-state index in [1.54, 1.807) is 9.80 Å². The Balaban J connectivity index is 1.47. The number of carbonyl (C=O) groups is 2. The number of carbonyl (C=O) groups excluding carboxylic acids is 2. The highest BCUT2D eigenvalue weighted by atomic mass is 32.1. The Kier molecular flexibility index (Phi) is 4.92. The van der Waals surface area contributed by atoms with Crippen molar-refractivity contribution in [2.75, 3.05) is 26.2 Å². The predicted octanol–water partition coefficient (Wildman–Crippen LogP) is 2.84. The Morgan fingerprint density at radius 2 is 1.70 bits per heavy atom. The molecule has 23 heavy (non-hydrogen) atoms. The van der Waals surface area contributed by atoms with Gasteiger partial charge in [-0.1, -0.05) is 30.3 Å². The average molecular weight is 330 g/mol. The van der Waals surface area contributed by atoms with Gasteiger partial charge in [-0.25, -0.2) is 4.79 Å². The molecule has 1 saturated heterocycles. The fraction of sp³-hybridized carbons (Fsp3) is 0.294. The van der Waals surface area contributed by atoms with Crippen LogP contribution in [0.5, 0.6) is 0 Å². The van der Waals surface area contributed by atoms with Gasteiger partial charge in [-0.2, -0.15) is 11.3 Å². The number of amides is 2. The molecular formula is C17H18N2O3S. The van der Waals surface area contributed by atoms with Gasteiger partial charge in [0.15, 0.2) is 0 Å². The first kappa shape index (κ1) is 15.6. The first-order valence-corrected chi connectivity index (χ1v) is 8.45. The lowest BCUT2D eigenvalue weighted by Crippen LogP contribution is -2.50. The third-order valence-electron chi connectivity index (χ3n) is 3.80. The highest BCUT2D eigenvalue weighted by Crippen LogP contribution is 2.13. The molecule has 2 heterocycles. The summed E-state index contributed by atoms with van der Waals surface area (Å²) in [6.07, 6.45) is -0.323. The van der Waals surface area contributed by atoms with Crippen molar-refractivity contribution in [3.8, 4) is 0 Å². The van der Waals surface area contributed by atoms with Gasteiger partial charge in [0, 0.05) is 31.6 Å². The molecular weight excluding hydrogens is 312 g/mol. The van der Waals surface area contributed by atoms with E-state index in [0.29, 0.717) is 26.2 Å². The third kappa shape index (κ3) is 3.90. The topological polar surface area (TPSA) is 49.9 Å². The lowest BCUT2D eigenvalue weighted by molar-refractivity contribution is 0.0544. The maximum atomic E-state index is 12.2. The molecule has 1 aliphatic heterocycles. The van der Waals surface area contributed by atoms with Gasteiger partial charge < -0.3 is 14.5 Å². The molecule has 6 heteroatoms. The second kappa shape index (κ2) is 7.28. The molecule has 1 aromatic carbocycles. The molecule has 0 N–H and O–H groups in total. The van der Waals surface area contributed by atoms with Crippen LogP contribution >= 0.6 is 11.3 Å². The van der Waals surface area contributed by atoms with Gasteiger partial charge in [-0.15, -0.1) is 0 Å². The van der Waals surface area contributed by atoms with Crippen molar-refractivity contribution in [2.45, 2.75) is 6.61 Å². The second-order valence-electron chi connectivity index (χ2n) is 5.33. The number of ether oxygens (including phenoxy) is 1. The monoisotopic (exact) mass is 330 g/mol. The van der Waals surface area contributed by atoms with Crippen LogP contribution < -0.4 is 0 Å². The van der Waals surface area contributed by atoms with Gasteiger partial charge in [0.05, 0.1) is 5.56 Å². The summed E-state index contributed by atoms with van der Waals surface area (Å²) in [4.78, 5) is 27.8. The van der Waals surface area contributed by atoms with E-state index in [1.807, 2.05) is 47.2 Å². The van der Waals surface area contributed by atoms with Crippen LogP contribution in [0.1, 0.15) is 15.9 Å². The van der Waals surface area contributed by atoms with E-state index in [2.05, 4.69) is 0 Å². The summed E-state index contributed by atoms with van der Waals surface area (Å²) in [6, 6.07) is 11.4. The molecule has 0 spiro atoms. The number of piperazine rings is 1. The van der Waals surface area contributed by atoms with E-state index in [9.17, 15) is 9.59 Å². The van der Waals surface area contributed by atoms with Crippen molar-refractivity contribution in [3.05, 3.63) is 58.3 Å². The van der Waals surface area contributed by atoms with E-state index in [-0.39, 0.29) is 18.6 Å². The van der Waals surface area contributed by atoms with Crippen LogP contribution in [0.25, 0.3) is 0 Å². The summed E-state index contributed by atoms with van der Waals surface area (Å²) in [5.74, 6) is 0.0311. The van der Waals surface area contributed by atoms with Crippen LogP contribution in [-0.2, 0) is 11.3 Å². The molecule has 1 aromatic heterocycles. The molecule has 1 aliphatic rings. The summed E-state index contributed by atoms with van der Waals surface area (Å²) in [6.45, 7) is 2.35. The number of hydrogen-bond donors (Lipinski definition) is 0. The van der Waals surface area contributed by atoms with Crippen molar-refractivity contribution in [3.63, 3.8) is 0 Å². The number of thiophene rings is 1. The minimum Gasteiger partial charge on any atom is -0.445 e. The maximum Gasteiger partial charge on any atom is 0.410 e. The van der Waals surface area contributed by atoms with Gasteiger partial charge in [0.1, 0.15) is 6.61 Å². The van der Waals surface area contributed by atoms with Crippen LogP contribution in [0.3, 0.4) is 0 Å². The quantitative estimate of drug-likeness (QED) is 0.869. The van der Waals surface area contributed by atoms with E-state index < -0.39 is 0 Å². The SMILES string of the molecule is O=C(OCc1ccccc1)N1CCN(C(=O)c2ccsc2)CC1. The zero-order valence-corrected chi connectivity index (χ0v) is 13.5. The third-order valence-corrected chi connectivity index (χ3v) is 4.48. The smallest absolute Gasteiger partial charge is 0.410 e. The molecule has 1 fully saturated rings. The van der Waals surface area contributed by atoms with Crippen LogP contribution in [0.2, 0.25) is 0 Å². The van der Waals surface area contributed by atoms with Crippen LogP contribution in [-0.4, -0.2) is 48.0 Å². The fourth-order valence-corrected chi connectivity index (χ4v) is 3.10. The zero-order chi connectivity index (χ0) is 16.1. The molecule has 2 aromatic rings. The summed E-state index contributed by atoms with van der Waals surface area (Å²) < 4.78 is 5.32. The fourth-order valence-electron chi connectivity index (χ4n) is 2.47. The normalized spacial score (nSPS) is 14.6. The standard InChI is InChI=1S/C17H18N2O3S/c20-16(15-6-11-23-13-15)18-7-9-19(10-8-18)17(21)22-12-14-4-2-1-3-5-14/h1-6,11,13H,7-10,12H2. The molecule has 0 unspecified atom stereocenters. The Hall–Kier alpha value is -2.34. The zero-order valence-electron chi connectivity index (χ0n) is 12.7. The Morgan fingerprint density at radius 1 is 1.00 bits per heavy atom. The van der Waals surface area contributed by atoms with Crippen LogP contribution in [0, 0.1) is 0 Å². The molecule has 0 aliphatic carbocycles. The Bertz CT molecular complexity index is 650. The minimum atomic E-state index is -0.323. The second-order valence-corrected chi connectivity index (χ2v) is 6.11. The van der Waals surface area contributed by atoms with E-state index in [1.165, 1.54) is 11.3 Å². The number of benzene rings is 1. The average Bonchev–Trinajstić information content (AvgIpc) is 3.15. The van der Waals surface area contributed by atoms with Gasteiger partial charge in [0.25, 0.3) is 5.91 Å². The minimum absolute atomic E-state index is 0.0311. The number of hydrogen-bond acceptors (Lipinski definition) is 4. The van der Waals surface area contributed by atoms with E-state index in [0.717, 1.165) is 11.1 Å². The van der Waals surface area contributed by atoms with Gasteiger partial charge in [0.2, 0.25) is 0 Å². The lowest BCUT2D eigenvalue weighted by Gasteiger charge is -2.34. The highest BCUT2D eigenvalue weighted by molar-refractivity contribution is 7.08. The highest BCUT2D eigenvalue weighted by Gasteiger charge is 2.25. The van der Waals surface area contributed by atoms with Crippen LogP contribution in [0.15, 0.2) is 47.2 Å². The first-order chi connectivity index (χ1) is 11.2.